The number of rotatable bonds is 2. The number of likely N-dealkylation sites (N-methyl/N-ethyl adjacent to an activating group) is 1. The van der Waals surface area contributed by atoms with E-state index in [0.717, 1.165) is 31.1 Å². The Morgan fingerprint density at radius 1 is 1.30 bits per heavy atom. The van der Waals surface area contributed by atoms with Gasteiger partial charge in [-0.3, -0.25) is 0 Å². The van der Waals surface area contributed by atoms with Crippen LogP contribution in [0.25, 0.3) is 10.8 Å². The van der Waals surface area contributed by atoms with E-state index in [1.165, 1.54) is 10.8 Å². The summed E-state index contributed by atoms with van der Waals surface area (Å²) in [5.41, 5.74) is 6.76. The van der Waals surface area contributed by atoms with E-state index >= 15 is 0 Å². The van der Waals surface area contributed by atoms with Crippen LogP contribution in [0.15, 0.2) is 30.3 Å². The van der Waals surface area contributed by atoms with Crippen molar-refractivity contribution in [1.82, 2.24) is 9.88 Å². The van der Waals surface area contributed by atoms with Gasteiger partial charge in [0.15, 0.2) is 0 Å². The molecule has 1 fully saturated rings. The van der Waals surface area contributed by atoms with Gasteiger partial charge in [0.25, 0.3) is 0 Å². The minimum Gasteiger partial charge on any atom is -0.353 e. The third-order valence-electron chi connectivity index (χ3n) is 4.24. The molecule has 2 N–H and O–H groups in total. The van der Waals surface area contributed by atoms with Gasteiger partial charge in [0.2, 0.25) is 0 Å². The number of anilines is 1. The van der Waals surface area contributed by atoms with Gasteiger partial charge in [-0.15, -0.1) is 0 Å². The van der Waals surface area contributed by atoms with Crippen molar-refractivity contribution in [1.29, 1.82) is 0 Å². The first-order valence-electron chi connectivity index (χ1n) is 7.23. The number of aromatic nitrogens is 1. The zero-order chi connectivity index (χ0) is 14.1. The number of piperazine rings is 1. The topological polar surface area (TPSA) is 45.4 Å². The maximum Gasteiger partial charge on any atom is 0.136 e. The van der Waals surface area contributed by atoms with Gasteiger partial charge in [0, 0.05) is 37.6 Å². The predicted octanol–water partition coefficient (Wildman–Crippen LogP) is 1.83. The Hall–Kier alpha value is -1.65. The second-order valence-electron chi connectivity index (χ2n) is 5.64. The predicted molar refractivity (Wildman–Crippen MR) is 83.9 cm³/mol. The van der Waals surface area contributed by atoms with Crippen LogP contribution in [0.2, 0.25) is 0 Å². The van der Waals surface area contributed by atoms with E-state index in [0.29, 0.717) is 12.6 Å². The maximum absolute atomic E-state index is 5.80. The molecule has 1 aliphatic heterocycles. The summed E-state index contributed by atoms with van der Waals surface area (Å²) in [4.78, 5) is 9.57. The van der Waals surface area contributed by atoms with Crippen LogP contribution in [0.3, 0.4) is 0 Å². The van der Waals surface area contributed by atoms with Crippen molar-refractivity contribution in [2.75, 3.05) is 31.6 Å². The van der Waals surface area contributed by atoms with E-state index in [-0.39, 0.29) is 0 Å². The zero-order valence-electron chi connectivity index (χ0n) is 12.2. The van der Waals surface area contributed by atoms with E-state index in [4.69, 9.17) is 10.7 Å². The molecule has 106 valence electrons. The fourth-order valence-electron chi connectivity index (χ4n) is 2.82. The molecular weight excluding hydrogens is 248 g/mol. The van der Waals surface area contributed by atoms with Crippen molar-refractivity contribution in [3.05, 3.63) is 36.0 Å². The van der Waals surface area contributed by atoms with E-state index in [9.17, 15) is 0 Å². The highest BCUT2D eigenvalue weighted by atomic mass is 15.3. The average molecular weight is 270 g/mol. The molecule has 2 aromatic rings. The molecule has 0 amide bonds. The monoisotopic (exact) mass is 270 g/mol. The number of nitrogens with two attached hydrogens (primary N) is 1. The number of fused-ring (bicyclic) bond motifs is 1. The smallest absolute Gasteiger partial charge is 0.136 e. The van der Waals surface area contributed by atoms with Crippen LogP contribution in [0, 0.1) is 0 Å². The first kappa shape index (κ1) is 13.3. The number of nitrogens with zero attached hydrogens (tertiary/aromatic N) is 3. The SMILES string of the molecule is CC1CN(c2nc(CN)cc3ccccc23)CCN1C. The van der Waals surface area contributed by atoms with Gasteiger partial charge in [-0.1, -0.05) is 24.3 Å². The highest BCUT2D eigenvalue weighted by Gasteiger charge is 2.23. The second-order valence-corrected chi connectivity index (χ2v) is 5.64. The lowest BCUT2D eigenvalue weighted by atomic mass is 10.1. The first-order valence-corrected chi connectivity index (χ1v) is 7.23. The minimum absolute atomic E-state index is 0.487. The van der Waals surface area contributed by atoms with Crippen molar-refractivity contribution in [2.24, 2.45) is 5.73 Å². The Bertz CT molecular complexity index is 610. The number of pyridine rings is 1. The van der Waals surface area contributed by atoms with E-state index < -0.39 is 0 Å². The lowest BCUT2D eigenvalue weighted by Crippen LogP contribution is -2.50. The lowest BCUT2D eigenvalue weighted by molar-refractivity contribution is 0.233. The molecule has 0 bridgehead atoms. The largest absolute Gasteiger partial charge is 0.353 e. The highest BCUT2D eigenvalue weighted by molar-refractivity contribution is 5.92. The number of hydrogen-bond donors (Lipinski definition) is 1. The molecular formula is C16H22N4. The summed E-state index contributed by atoms with van der Waals surface area (Å²) >= 11 is 0. The summed E-state index contributed by atoms with van der Waals surface area (Å²) in [5, 5.41) is 2.45. The van der Waals surface area contributed by atoms with Gasteiger partial charge in [0.05, 0.1) is 5.69 Å². The Morgan fingerprint density at radius 3 is 2.85 bits per heavy atom. The molecule has 1 unspecified atom stereocenters. The summed E-state index contributed by atoms with van der Waals surface area (Å²) in [6.07, 6.45) is 0. The van der Waals surface area contributed by atoms with Crippen molar-refractivity contribution in [3.8, 4) is 0 Å². The second kappa shape index (κ2) is 5.38. The summed E-state index contributed by atoms with van der Waals surface area (Å²) in [5.74, 6) is 1.09. The number of benzene rings is 1. The van der Waals surface area contributed by atoms with Crippen LogP contribution >= 0.6 is 0 Å². The molecule has 1 saturated heterocycles. The lowest BCUT2D eigenvalue weighted by Gasteiger charge is -2.38. The van der Waals surface area contributed by atoms with Gasteiger partial charge >= 0.3 is 0 Å². The summed E-state index contributed by atoms with van der Waals surface area (Å²) in [7, 11) is 2.18. The Balaban J connectivity index is 2.05. The maximum atomic E-state index is 5.80. The fraction of sp³-hybridized carbons (Fsp3) is 0.438. The van der Waals surface area contributed by atoms with E-state index in [2.05, 4.69) is 54.1 Å². The van der Waals surface area contributed by atoms with Crippen molar-refractivity contribution < 1.29 is 0 Å². The first-order chi connectivity index (χ1) is 9.69. The standard InChI is InChI=1S/C16H22N4/c1-12-11-20(8-7-19(12)2)16-15-6-4-3-5-13(15)9-14(10-17)18-16/h3-6,9,12H,7-8,10-11,17H2,1-2H3. The van der Waals surface area contributed by atoms with Crippen LogP contribution in [0.1, 0.15) is 12.6 Å². The van der Waals surface area contributed by atoms with Gasteiger partial charge in [0.1, 0.15) is 5.82 Å². The van der Waals surface area contributed by atoms with E-state index in [1.54, 1.807) is 0 Å². The van der Waals surface area contributed by atoms with Gasteiger partial charge in [-0.2, -0.15) is 0 Å². The zero-order valence-corrected chi connectivity index (χ0v) is 12.2. The fourth-order valence-corrected chi connectivity index (χ4v) is 2.82. The minimum atomic E-state index is 0.487. The summed E-state index contributed by atoms with van der Waals surface area (Å²) in [6.45, 7) is 5.86. The van der Waals surface area contributed by atoms with Gasteiger partial charge in [-0.05, 0) is 25.4 Å². The van der Waals surface area contributed by atoms with Crippen molar-refractivity contribution in [3.63, 3.8) is 0 Å². The molecule has 4 nitrogen and oxygen atoms in total. The van der Waals surface area contributed by atoms with Crippen molar-refractivity contribution >= 4 is 16.6 Å². The molecule has 0 aliphatic carbocycles. The third kappa shape index (κ3) is 2.37. The molecule has 0 spiro atoms. The Labute approximate surface area is 120 Å². The van der Waals surface area contributed by atoms with E-state index in [1.807, 2.05) is 0 Å². The third-order valence-corrected chi connectivity index (χ3v) is 4.24. The molecule has 1 atom stereocenters. The van der Waals surface area contributed by atoms with Crippen LogP contribution in [0.4, 0.5) is 5.82 Å². The molecule has 20 heavy (non-hydrogen) atoms. The molecule has 4 heteroatoms. The summed E-state index contributed by atoms with van der Waals surface area (Å²) < 4.78 is 0. The average Bonchev–Trinajstić information content (AvgIpc) is 2.49. The molecule has 0 radical (unpaired) electrons. The Kier molecular flexibility index (Phi) is 3.59. The molecule has 1 aliphatic rings. The quantitative estimate of drug-likeness (QED) is 0.904. The van der Waals surface area contributed by atoms with Crippen molar-refractivity contribution in [2.45, 2.75) is 19.5 Å². The van der Waals surface area contributed by atoms with Gasteiger partial charge < -0.3 is 15.5 Å². The molecule has 0 saturated carbocycles. The molecule has 1 aromatic heterocycles. The van der Waals surface area contributed by atoms with Crippen LogP contribution < -0.4 is 10.6 Å². The summed E-state index contributed by atoms with van der Waals surface area (Å²) in [6, 6.07) is 11.1. The van der Waals surface area contributed by atoms with Crippen LogP contribution in [-0.4, -0.2) is 42.6 Å². The van der Waals surface area contributed by atoms with Crippen LogP contribution in [0.5, 0.6) is 0 Å². The normalized spacial score (nSPS) is 20.6. The van der Waals surface area contributed by atoms with Crippen LogP contribution in [-0.2, 0) is 6.54 Å². The number of hydrogen-bond acceptors (Lipinski definition) is 4. The molecule has 2 heterocycles. The highest BCUT2D eigenvalue weighted by Crippen LogP contribution is 2.27. The Morgan fingerprint density at radius 2 is 2.10 bits per heavy atom. The molecule has 3 rings (SSSR count). The molecule has 1 aromatic carbocycles. The van der Waals surface area contributed by atoms with Gasteiger partial charge in [-0.25, -0.2) is 4.98 Å².